The number of benzene rings is 1. The molecule has 1 unspecified atom stereocenters. The largest absolute Gasteiger partial charge is 0.463 e. The van der Waals surface area contributed by atoms with E-state index in [1.165, 1.54) is 6.92 Å². The van der Waals surface area contributed by atoms with Crippen molar-refractivity contribution < 1.29 is 23.9 Å². The summed E-state index contributed by atoms with van der Waals surface area (Å²) in [6.45, 7) is 3.10. The zero-order valence-corrected chi connectivity index (χ0v) is 12.1. The maximum absolute atomic E-state index is 11.7. The van der Waals surface area contributed by atoms with Gasteiger partial charge in [-0.15, -0.1) is 0 Å². The summed E-state index contributed by atoms with van der Waals surface area (Å²) >= 11 is 0. The smallest absolute Gasteiger partial charge is 0.347 e. The Morgan fingerprint density at radius 1 is 1.38 bits per heavy atom. The van der Waals surface area contributed by atoms with E-state index in [1.807, 2.05) is 0 Å². The molecule has 0 aliphatic rings. The molecule has 114 valence electrons. The molecular formula is C15H19NO5. The molecule has 21 heavy (non-hydrogen) atoms. The second kappa shape index (κ2) is 8.04. The SMILES string of the molecule is CCOC(=O)C(CCc1cc(N)ccc1C=O)OC(C)=O. The van der Waals surface area contributed by atoms with Crippen molar-refractivity contribution in [3.05, 3.63) is 29.3 Å². The van der Waals surface area contributed by atoms with Gasteiger partial charge in [0, 0.05) is 18.2 Å². The summed E-state index contributed by atoms with van der Waals surface area (Å²) in [4.78, 5) is 33.8. The number of hydrogen-bond donors (Lipinski definition) is 1. The summed E-state index contributed by atoms with van der Waals surface area (Å²) in [6, 6.07) is 4.91. The fourth-order valence-electron chi connectivity index (χ4n) is 1.90. The van der Waals surface area contributed by atoms with Crippen LogP contribution in [0.2, 0.25) is 0 Å². The van der Waals surface area contributed by atoms with Crippen LogP contribution < -0.4 is 5.73 Å². The number of aldehydes is 1. The molecule has 1 aromatic carbocycles. The highest BCUT2D eigenvalue weighted by Gasteiger charge is 2.23. The normalized spacial score (nSPS) is 11.5. The van der Waals surface area contributed by atoms with Crippen LogP contribution in [0.25, 0.3) is 0 Å². The van der Waals surface area contributed by atoms with Crippen LogP contribution in [-0.2, 0) is 25.5 Å². The average Bonchev–Trinajstić information content (AvgIpc) is 2.43. The summed E-state index contributed by atoms with van der Waals surface area (Å²) in [7, 11) is 0. The van der Waals surface area contributed by atoms with E-state index in [-0.39, 0.29) is 13.0 Å². The lowest BCUT2D eigenvalue weighted by Crippen LogP contribution is -2.29. The van der Waals surface area contributed by atoms with E-state index in [4.69, 9.17) is 15.2 Å². The third-order valence-electron chi connectivity index (χ3n) is 2.83. The molecule has 1 aromatic rings. The predicted octanol–water partition coefficient (Wildman–Crippen LogP) is 1.51. The molecule has 0 amide bonds. The Labute approximate surface area is 123 Å². The monoisotopic (exact) mass is 293 g/mol. The van der Waals surface area contributed by atoms with Gasteiger partial charge in [0.1, 0.15) is 6.29 Å². The van der Waals surface area contributed by atoms with E-state index < -0.39 is 18.0 Å². The first-order valence-corrected chi connectivity index (χ1v) is 6.65. The number of ether oxygens (including phenoxy) is 2. The molecule has 0 saturated heterocycles. The first-order chi connectivity index (χ1) is 9.97. The first-order valence-electron chi connectivity index (χ1n) is 6.65. The van der Waals surface area contributed by atoms with Gasteiger partial charge in [0.15, 0.2) is 6.10 Å². The van der Waals surface area contributed by atoms with Gasteiger partial charge in [0.25, 0.3) is 0 Å². The number of nitrogens with two attached hydrogens (primary N) is 1. The number of carbonyl (C=O) groups excluding carboxylic acids is 3. The van der Waals surface area contributed by atoms with Crippen molar-refractivity contribution in [2.75, 3.05) is 12.3 Å². The number of aryl methyl sites for hydroxylation is 1. The van der Waals surface area contributed by atoms with Gasteiger partial charge < -0.3 is 15.2 Å². The summed E-state index contributed by atoms with van der Waals surface area (Å²) in [5.41, 5.74) is 7.40. The number of nitrogen functional groups attached to an aromatic ring is 1. The second-order valence-corrected chi connectivity index (χ2v) is 4.46. The third-order valence-corrected chi connectivity index (χ3v) is 2.83. The van der Waals surface area contributed by atoms with Crippen LogP contribution in [0.15, 0.2) is 18.2 Å². The Hall–Kier alpha value is -2.37. The van der Waals surface area contributed by atoms with E-state index in [0.29, 0.717) is 23.2 Å². The number of esters is 2. The van der Waals surface area contributed by atoms with Gasteiger partial charge in [0.05, 0.1) is 6.61 Å². The second-order valence-electron chi connectivity index (χ2n) is 4.46. The van der Waals surface area contributed by atoms with Crippen LogP contribution in [0.1, 0.15) is 36.2 Å². The van der Waals surface area contributed by atoms with Gasteiger partial charge in [-0.1, -0.05) is 0 Å². The van der Waals surface area contributed by atoms with E-state index in [2.05, 4.69) is 0 Å². The molecule has 6 heteroatoms. The van der Waals surface area contributed by atoms with Crippen LogP contribution in [0.3, 0.4) is 0 Å². The lowest BCUT2D eigenvalue weighted by Gasteiger charge is -2.16. The Morgan fingerprint density at radius 2 is 2.10 bits per heavy atom. The molecule has 1 rings (SSSR count). The maximum atomic E-state index is 11.7. The Kier molecular flexibility index (Phi) is 6.39. The van der Waals surface area contributed by atoms with Crippen LogP contribution in [0.5, 0.6) is 0 Å². The van der Waals surface area contributed by atoms with E-state index in [9.17, 15) is 14.4 Å². The van der Waals surface area contributed by atoms with Crippen molar-refractivity contribution in [3.63, 3.8) is 0 Å². The summed E-state index contributed by atoms with van der Waals surface area (Å²) in [5.74, 6) is -1.15. The van der Waals surface area contributed by atoms with E-state index in [0.717, 1.165) is 6.29 Å². The molecule has 0 bridgehead atoms. The first kappa shape index (κ1) is 16.7. The molecule has 0 aliphatic heterocycles. The lowest BCUT2D eigenvalue weighted by molar-refractivity contribution is -0.166. The zero-order chi connectivity index (χ0) is 15.8. The minimum Gasteiger partial charge on any atom is -0.463 e. The highest BCUT2D eigenvalue weighted by molar-refractivity contribution is 5.79. The highest BCUT2D eigenvalue weighted by atomic mass is 16.6. The summed E-state index contributed by atoms with van der Waals surface area (Å²) in [6.07, 6.45) is 0.335. The number of anilines is 1. The lowest BCUT2D eigenvalue weighted by atomic mass is 10.0. The molecule has 0 spiro atoms. The Morgan fingerprint density at radius 3 is 2.67 bits per heavy atom. The van der Waals surface area contributed by atoms with Crippen molar-refractivity contribution in [1.29, 1.82) is 0 Å². The van der Waals surface area contributed by atoms with Crippen molar-refractivity contribution in [3.8, 4) is 0 Å². The summed E-state index contributed by atoms with van der Waals surface area (Å²) in [5, 5.41) is 0. The van der Waals surface area contributed by atoms with Crippen molar-refractivity contribution in [2.45, 2.75) is 32.8 Å². The van der Waals surface area contributed by atoms with E-state index >= 15 is 0 Å². The molecule has 6 nitrogen and oxygen atoms in total. The highest BCUT2D eigenvalue weighted by Crippen LogP contribution is 2.16. The minimum absolute atomic E-state index is 0.203. The molecule has 0 aliphatic carbocycles. The fourth-order valence-corrected chi connectivity index (χ4v) is 1.90. The molecule has 0 saturated carbocycles. The molecule has 0 heterocycles. The average molecular weight is 293 g/mol. The maximum Gasteiger partial charge on any atom is 0.347 e. The van der Waals surface area contributed by atoms with Gasteiger partial charge in [-0.3, -0.25) is 9.59 Å². The fraction of sp³-hybridized carbons (Fsp3) is 0.400. The van der Waals surface area contributed by atoms with Gasteiger partial charge in [-0.2, -0.15) is 0 Å². The summed E-state index contributed by atoms with van der Waals surface area (Å²) < 4.78 is 9.82. The number of hydrogen-bond acceptors (Lipinski definition) is 6. The van der Waals surface area contributed by atoms with Gasteiger partial charge in [-0.25, -0.2) is 4.79 Å². The molecule has 0 aromatic heterocycles. The number of rotatable bonds is 7. The minimum atomic E-state index is -0.983. The third kappa shape index (κ3) is 5.25. The number of carbonyl (C=O) groups is 3. The van der Waals surface area contributed by atoms with Crippen molar-refractivity contribution in [1.82, 2.24) is 0 Å². The zero-order valence-electron chi connectivity index (χ0n) is 12.1. The van der Waals surface area contributed by atoms with Crippen molar-refractivity contribution in [2.24, 2.45) is 0 Å². The topological polar surface area (TPSA) is 95.7 Å². The van der Waals surface area contributed by atoms with Crippen LogP contribution in [0, 0.1) is 0 Å². The standard InChI is InChI=1S/C15H19NO5/c1-3-20-15(19)14(21-10(2)18)7-5-11-8-13(16)6-4-12(11)9-17/h4,6,8-9,14H,3,5,7,16H2,1-2H3. The van der Waals surface area contributed by atoms with Gasteiger partial charge >= 0.3 is 11.9 Å². The molecule has 0 fully saturated rings. The quantitative estimate of drug-likeness (QED) is 0.465. The molecular weight excluding hydrogens is 274 g/mol. The Bertz CT molecular complexity index is 527. The molecule has 1 atom stereocenters. The van der Waals surface area contributed by atoms with E-state index in [1.54, 1.807) is 25.1 Å². The van der Waals surface area contributed by atoms with Crippen LogP contribution in [0.4, 0.5) is 5.69 Å². The molecule has 2 N–H and O–H groups in total. The van der Waals surface area contributed by atoms with Crippen LogP contribution in [-0.4, -0.2) is 30.9 Å². The predicted molar refractivity (Wildman–Crippen MR) is 76.7 cm³/mol. The van der Waals surface area contributed by atoms with Crippen LogP contribution >= 0.6 is 0 Å². The Balaban J connectivity index is 2.80. The van der Waals surface area contributed by atoms with Gasteiger partial charge in [-0.05, 0) is 43.5 Å². The van der Waals surface area contributed by atoms with Crippen molar-refractivity contribution >= 4 is 23.9 Å². The van der Waals surface area contributed by atoms with Gasteiger partial charge in [0.2, 0.25) is 0 Å². The molecule has 0 radical (unpaired) electrons.